The van der Waals surface area contributed by atoms with Crippen molar-refractivity contribution < 1.29 is 9.29 Å². The van der Waals surface area contributed by atoms with E-state index in [9.17, 15) is 4.39 Å². The highest BCUT2D eigenvalue weighted by Gasteiger charge is 2.30. The van der Waals surface area contributed by atoms with Gasteiger partial charge in [0.15, 0.2) is 12.5 Å². The molecule has 3 aromatic rings. The smallest absolute Gasteiger partial charge is 0.203 e. The van der Waals surface area contributed by atoms with Crippen LogP contribution in [0.25, 0.3) is 11.4 Å². The van der Waals surface area contributed by atoms with Crippen molar-refractivity contribution in [2.24, 2.45) is 0 Å². The van der Waals surface area contributed by atoms with Gasteiger partial charge in [-0.3, -0.25) is 4.57 Å². The quantitative estimate of drug-likeness (QED) is 0.676. The van der Waals surface area contributed by atoms with Gasteiger partial charge in [0, 0.05) is 11.6 Å². The summed E-state index contributed by atoms with van der Waals surface area (Å²) < 4.78 is 18.9. The van der Waals surface area contributed by atoms with E-state index in [1.165, 1.54) is 16.5 Å². The molecular weight excluding hydrogens is 347 g/mol. The third-order valence-electron chi connectivity index (χ3n) is 4.67. The SMILES string of the molecule is C[NH+](Cc1ccccc1)Cn1nc(-c2ccccc2F)n(C2CC2)c1=S. The Labute approximate surface area is 157 Å². The lowest BCUT2D eigenvalue weighted by atomic mass is 10.2. The lowest BCUT2D eigenvalue weighted by Crippen LogP contribution is -3.07. The maximum Gasteiger partial charge on any atom is 0.203 e. The lowest BCUT2D eigenvalue weighted by Gasteiger charge is -2.13. The summed E-state index contributed by atoms with van der Waals surface area (Å²) in [5.41, 5.74) is 1.79. The van der Waals surface area contributed by atoms with Crippen LogP contribution in [0.15, 0.2) is 54.6 Å². The average molecular weight is 369 g/mol. The Kier molecular flexibility index (Phi) is 4.70. The summed E-state index contributed by atoms with van der Waals surface area (Å²) in [4.78, 5) is 1.27. The normalized spacial score (nSPS) is 15.2. The second-order valence-corrected chi connectivity index (χ2v) is 7.33. The van der Waals surface area contributed by atoms with Crippen LogP contribution >= 0.6 is 12.2 Å². The number of nitrogens with one attached hydrogen (secondary N) is 1. The van der Waals surface area contributed by atoms with Crippen molar-refractivity contribution in [3.05, 3.63) is 70.7 Å². The molecule has 0 saturated heterocycles. The van der Waals surface area contributed by atoms with Gasteiger partial charge in [-0.25, -0.2) is 4.39 Å². The third kappa shape index (κ3) is 3.48. The minimum absolute atomic E-state index is 0.258. The minimum atomic E-state index is -0.258. The molecule has 1 fully saturated rings. The molecule has 4 nitrogen and oxygen atoms in total. The third-order valence-corrected chi connectivity index (χ3v) is 5.07. The fourth-order valence-electron chi connectivity index (χ4n) is 3.27. The molecule has 26 heavy (non-hydrogen) atoms. The van der Waals surface area contributed by atoms with Crippen LogP contribution in [0.1, 0.15) is 24.4 Å². The largest absolute Gasteiger partial charge is 0.315 e. The molecule has 1 aliphatic carbocycles. The van der Waals surface area contributed by atoms with Crippen LogP contribution in [0.2, 0.25) is 0 Å². The molecular formula is C20H22FN4S+. The van der Waals surface area contributed by atoms with Crippen LogP contribution in [0.4, 0.5) is 4.39 Å². The predicted molar refractivity (Wildman–Crippen MR) is 102 cm³/mol. The zero-order valence-electron chi connectivity index (χ0n) is 14.7. The molecule has 1 unspecified atom stereocenters. The molecule has 0 radical (unpaired) electrons. The molecule has 134 valence electrons. The minimum Gasteiger partial charge on any atom is -0.315 e. The molecule has 6 heteroatoms. The van der Waals surface area contributed by atoms with Crippen LogP contribution < -0.4 is 4.90 Å². The van der Waals surface area contributed by atoms with Crippen molar-refractivity contribution in [2.45, 2.75) is 32.1 Å². The van der Waals surface area contributed by atoms with E-state index >= 15 is 0 Å². The first-order valence-corrected chi connectivity index (χ1v) is 9.34. The fraction of sp³-hybridized carbons (Fsp3) is 0.300. The molecule has 2 aromatic carbocycles. The van der Waals surface area contributed by atoms with Crippen LogP contribution in [0.3, 0.4) is 0 Å². The average Bonchev–Trinajstić information content (AvgIpc) is 3.42. The number of aromatic nitrogens is 3. The summed E-state index contributed by atoms with van der Waals surface area (Å²) in [7, 11) is 2.12. The van der Waals surface area contributed by atoms with E-state index in [1.54, 1.807) is 12.1 Å². The highest BCUT2D eigenvalue weighted by Crippen LogP contribution is 2.38. The highest BCUT2D eigenvalue weighted by atomic mass is 32.1. The molecule has 0 amide bonds. The maximum absolute atomic E-state index is 14.3. The van der Waals surface area contributed by atoms with E-state index in [0.717, 1.165) is 19.4 Å². The van der Waals surface area contributed by atoms with Gasteiger partial charge in [0.2, 0.25) is 4.77 Å². The molecule has 1 atom stereocenters. The summed E-state index contributed by atoms with van der Waals surface area (Å²) >= 11 is 5.68. The molecule has 1 N–H and O–H groups in total. The van der Waals surface area contributed by atoms with Crippen LogP contribution in [-0.4, -0.2) is 21.4 Å². The summed E-state index contributed by atoms with van der Waals surface area (Å²) in [6, 6.07) is 17.5. The van der Waals surface area contributed by atoms with Gasteiger partial charge in [0.1, 0.15) is 12.4 Å². The number of benzene rings is 2. The number of hydrogen-bond donors (Lipinski definition) is 1. The second-order valence-electron chi connectivity index (χ2n) is 6.96. The Hall–Kier alpha value is -2.31. The zero-order valence-corrected chi connectivity index (χ0v) is 15.5. The summed E-state index contributed by atoms with van der Waals surface area (Å²) in [6.45, 7) is 1.53. The predicted octanol–water partition coefficient (Wildman–Crippen LogP) is 3.23. The van der Waals surface area contributed by atoms with Gasteiger partial charge in [0.05, 0.1) is 12.6 Å². The van der Waals surface area contributed by atoms with Crippen molar-refractivity contribution in [1.29, 1.82) is 0 Å². The van der Waals surface area contributed by atoms with Crippen LogP contribution in [0, 0.1) is 10.6 Å². The van der Waals surface area contributed by atoms with Crippen LogP contribution in [0.5, 0.6) is 0 Å². The number of hydrogen-bond acceptors (Lipinski definition) is 2. The van der Waals surface area contributed by atoms with E-state index in [4.69, 9.17) is 17.3 Å². The van der Waals surface area contributed by atoms with Crippen molar-refractivity contribution in [3.8, 4) is 11.4 Å². The number of halogens is 1. The molecule has 1 aromatic heterocycles. The first-order chi connectivity index (χ1) is 12.6. The zero-order chi connectivity index (χ0) is 18.1. The number of quaternary nitrogens is 1. The van der Waals surface area contributed by atoms with Crippen molar-refractivity contribution in [1.82, 2.24) is 14.3 Å². The van der Waals surface area contributed by atoms with E-state index in [1.807, 2.05) is 33.5 Å². The van der Waals surface area contributed by atoms with Crippen molar-refractivity contribution in [3.63, 3.8) is 0 Å². The molecule has 0 bridgehead atoms. The molecule has 1 heterocycles. The standard InChI is InChI=1S/C20H21FN4S/c1-23(13-15-7-3-2-4-8-15)14-24-20(26)25(16-11-12-16)19(22-24)17-9-5-6-10-18(17)21/h2-10,16H,11-14H2,1H3/p+1. The summed E-state index contributed by atoms with van der Waals surface area (Å²) in [5.74, 6) is 0.384. The van der Waals surface area contributed by atoms with Gasteiger partial charge < -0.3 is 4.90 Å². The van der Waals surface area contributed by atoms with Gasteiger partial charge in [-0.05, 0) is 37.2 Å². The van der Waals surface area contributed by atoms with Gasteiger partial charge in [-0.1, -0.05) is 42.5 Å². The Morgan fingerprint density at radius 1 is 1.12 bits per heavy atom. The Bertz CT molecular complexity index is 959. The number of rotatable bonds is 6. The summed E-state index contributed by atoms with van der Waals surface area (Å²) in [6.07, 6.45) is 2.16. The Balaban J connectivity index is 1.64. The monoisotopic (exact) mass is 369 g/mol. The van der Waals surface area contributed by atoms with E-state index < -0.39 is 0 Å². The van der Waals surface area contributed by atoms with Gasteiger partial charge in [0.25, 0.3) is 0 Å². The first-order valence-electron chi connectivity index (χ1n) is 8.93. The van der Waals surface area contributed by atoms with Gasteiger partial charge >= 0.3 is 0 Å². The fourth-order valence-corrected chi connectivity index (χ4v) is 3.61. The summed E-state index contributed by atoms with van der Waals surface area (Å²) in [5, 5.41) is 4.70. The molecule has 1 aliphatic rings. The first kappa shape index (κ1) is 17.1. The topological polar surface area (TPSA) is 27.2 Å². The molecule has 0 aliphatic heterocycles. The molecule has 1 saturated carbocycles. The van der Waals surface area contributed by atoms with Gasteiger partial charge in [-0.2, -0.15) is 4.68 Å². The lowest BCUT2D eigenvalue weighted by molar-refractivity contribution is -0.917. The van der Waals surface area contributed by atoms with E-state index in [2.05, 4.69) is 19.2 Å². The molecule has 4 rings (SSSR count). The van der Waals surface area contributed by atoms with Gasteiger partial charge in [-0.15, -0.1) is 5.10 Å². The Morgan fingerprint density at radius 2 is 1.81 bits per heavy atom. The molecule has 0 spiro atoms. The maximum atomic E-state index is 14.3. The Morgan fingerprint density at radius 3 is 2.50 bits per heavy atom. The number of nitrogens with zero attached hydrogens (tertiary/aromatic N) is 3. The second kappa shape index (κ2) is 7.13. The van der Waals surface area contributed by atoms with Crippen molar-refractivity contribution in [2.75, 3.05) is 7.05 Å². The van der Waals surface area contributed by atoms with Crippen LogP contribution in [-0.2, 0) is 13.2 Å². The highest BCUT2D eigenvalue weighted by molar-refractivity contribution is 7.71. The van der Waals surface area contributed by atoms with E-state index in [-0.39, 0.29) is 5.82 Å². The van der Waals surface area contributed by atoms with E-state index in [0.29, 0.717) is 28.9 Å². The van der Waals surface area contributed by atoms with Crippen molar-refractivity contribution >= 4 is 12.2 Å².